The Bertz CT molecular complexity index is 753. The Morgan fingerprint density at radius 2 is 2.00 bits per heavy atom. The molecule has 0 saturated heterocycles. The van der Waals surface area contributed by atoms with Crippen LogP contribution in [-0.2, 0) is 19.4 Å². The molecule has 0 spiro atoms. The Morgan fingerprint density at radius 1 is 1.35 bits per heavy atom. The molecule has 6 nitrogen and oxygen atoms in total. The van der Waals surface area contributed by atoms with Crippen molar-refractivity contribution in [3.63, 3.8) is 0 Å². The number of halogens is 2. The molecule has 0 fully saturated rings. The van der Waals surface area contributed by atoms with Crippen LogP contribution in [0.25, 0.3) is 0 Å². The fourth-order valence-electron chi connectivity index (χ4n) is 1.86. The van der Waals surface area contributed by atoms with Gasteiger partial charge in [-0.25, -0.2) is 13.4 Å². The van der Waals surface area contributed by atoms with Crippen LogP contribution >= 0.6 is 0 Å². The summed E-state index contributed by atoms with van der Waals surface area (Å²) in [6.07, 6.45) is -0.0445. The van der Waals surface area contributed by atoms with Crippen LogP contribution < -0.4 is 0 Å². The third-order valence-corrected chi connectivity index (χ3v) is 4.13. The monoisotopic (exact) mass is 344 g/mol. The van der Waals surface area contributed by atoms with Crippen molar-refractivity contribution in [1.82, 2.24) is 5.01 Å². The minimum Gasteiger partial charge on any atom is -0.466 e. The van der Waals surface area contributed by atoms with Crippen LogP contribution in [0.2, 0.25) is 0 Å². The lowest BCUT2D eigenvalue weighted by Crippen LogP contribution is -2.37. The highest BCUT2D eigenvalue weighted by Gasteiger charge is 2.22. The lowest BCUT2D eigenvalue weighted by atomic mass is 10.2. The Morgan fingerprint density at radius 3 is 2.57 bits per heavy atom. The van der Waals surface area contributed by atoms with Gasteiger partial charge >= 0.3 is 0 Å². The smallest absolute Gasteiger partial charge is 0.280 e. The molecule has 0 aromatic heterocycles. The van der Waals surface area contributed by atoms with Crippen molar-refractivity contribution >= 4 is 21.6 Å². The summed E-state index contributed by atoms with van der Waals surface area (Å²) in [6.45, 7) is -0.251. The highest BCUT2D eigenvalue weighted by atomic mass is 32.2. The molecule has 2 rings (SSSR count). The first-order chi connectivity index (χ1) is 10.8. The van der Waals surface area contributed by atoms with Gasteiger partial charge in [-0.05, 0) is 36.8 Å². The van der Waals surface area contributed by atoms with Crippen molar-refractivity contribution in [3.8, 4) is 0 Å². The standard InChI is InChI=1S/C14H14F2N2O4S/c1-23(20,21)11-6-4-10(5-7-11)14-17-18(13(19)9-22-14)8-2-3-12(15)16/h3-7H,2,8-9H2,1H3. The quantitative estimate of drug-likeness (QED) is 0.816. The van der Waals surface area contributed by atoms with Gasteiger partial charge in [0, 0.05) is 18.4 Å². The predicted octanol–water partition coefficient (Wildman–Crippen LogP) is 1.78. The first-order valence-corrected chi connectivity index (χ1v) is 8.50. The largest absolute Gasteiger partial charge is 0.466 e. The number of rotatable bonds is 5. The molecule has 1 aliphatic rings. The molecule has 1 aromatic carbocycles. The lowest BCUT2D eigenvalue weighted by Gasteiger charge is -2.23. The second-order valence-corrected chi connectivity index (χ2v) is 6.81. The molecule has 0 N–H and O–H groups in total. The highest BCUT2D eigenvalue weighted by Crippen LogP contribution is 2.14. The average molecular weight is 344 g/mol. The topological polar surface area (TPSA) is 76.0 Å². The van der Waals surface area contributed by atoms with E-state index in [-0.39, 0.29) is 30.4 Å². The van der Waals surface area contributed by atoms with E-state index in [9.17, 15) is 22.0 Å². The third kappa shape index (κ3) is 4.59. The van der Waals surface area contributed by atoms with Gasteiger partial charge in [0.2, 0.25) is 5.90 Å². The molecular weight excluding hydrogens is 330 g/mol. The molecule has 0 bridgehead atoms. The molecule has 1 aromatic rings. The fraction of sp³-hybridized carbons (Fsp3) is 0.286. The summed E-state index contributed by atoms with van der Waals surface area (Å²) in [7, 11) is -3.31. The molecule has 124 valence electrons. The van der Waals surface area contributed by atoms with E-state index in [1.807, 2.05) is 0 Å². The number of hydrazone groups is 1. The molecule has 0 atom stereocenters. The van der Waals surface area contributed by atoms with Crippen molar-refractivity contribution in [2.24, 2.45) is 5.10 Å². The van der Waals surface area contributed by atoms with Crippen molar-refractivity contribution < 1.29 is 26.7 Å². The van der Waals surface area contributed by atoms with Gasteiger partial charge in [0.25, 0.3) is 12.0 Å². The molecule has 1 heterocycles. The summed E-state index contributed by atoms with van der Waals surface area (Å²) in [5, 5.41) is 5.03. The summed E-state index contributed by atoms with van der Waals surface area (Å²) in [5.41, 5.74) is 0.488. The van der Waals surface area contributed by atoms with Gasteiger partial charge in [0.05, 0.1) is 4.90 Å². The van der Waals surface area contributed by atoms with Crippen molar-refractivity contribution in [2.45, 2.75) is 11.3 Å². The van der Waals surface area contributed by atoms with Gasteiger partial charge in [-0.15, -0.1) is 5.10 Å². The molecule has 9 heteroatoms. The van der Waals surface area contributed by atoms with Crippen molar-refractivity contribution in [2.75, 3.05) is 19.4 Å². The van der Waals surface area contributed by atoms with E-state index >= 15 is 0 Å². The molecule has 1 amide bonds. The number of carbonyl (C=O) groups excluding carboxylic acids is 1. The predicted molar refractivity (Wildman–Crippen MR) is 78.7 cm³/mol. The van der Waals surface area contributed by atoms with E-state index < -0.39 is 21.8 Å². The van der Waals surface area contributed by atoms with Gasteiger partial charge < -0.3 is 4.74 Å². The lowest BCUT2D eigenvalue weighted by molar-refractivity contribution is -0.135. The summed E-state index contributed by atoms with van der Waals surface area (Å²) in [5.74, 6) is -0.302. The van der Waals surface area contributed by atoms with E-state index in [0.717, 1.165) is 11.3 Å². The Balaban J connectivity index is 2.18. The summed E-state index contributed by atoms with van der Waals surface area (Å²) in [4.78, 5) is 11.8. The third-order valence-electron chi connectivity index (χ3n) is 3.00. The van der Waals surface area contributed by atoms with Gasteiger partial charge in [-0.2, -0.15) is 8.78 Å². The minimum absolute atomic E-state index is 0.00442. The van der Waals surface area contributed by atoms with Gasteiger partial charge in [-0.1, -0.05) is 0 Å². The van der Waals surface area contributed by atoms with E-state index in [2.05, 4.69) is 5.10 Å². The zero-order chi connectivity index (χ0) is 17.0. The van der Waals surface area contributed by atoms with Gasteiger partial charge in [0.1, 0.15) is 0 Å². The molecule has 1 aliphatic heterocycles. The second-order valence-electron chi connectivity index (χ2n) is 4.79. The Hall–Kier alpha value is -2.29. The molecule has 0 aliphatic carbocycles. The van der Waals surface area contributed by atoms with Crippen LogP contribution in [0.3, 0.4) is 0 Å². The maximum atomic E-state index is 12.0. The normalized spacial score (nSPS) is 15.0. The fourth-order valence-corrected chi connectivity index (χ4v) is 2.49. The second kappa shape index (κ2) is 6.86. The maximum Gasteiger partial charge on any atom is 0.280 e. The molecular formula is C14H14F2N2O4S. The Labute approximate surface area is 132 Å². The van der Waals surface area contributed by atoms with Crippen LogP contribution in [0, 0.1) is 0 Å². The first kappa shape index (κ1) is 17.1. The van der Waals surface area contributed by atoms with E-state index in [4.69, 9.17) is 4.74 Å². The van der Waals surface area contributed by atoms with E-state index in [0.29, 0.717) is 11.6 Å². The number of sulfone groups is 1. The molecule has 0 radical (unpaired) electrons. The number of hydrogen-bond acceptors (Lipinski definition) is 5. The van der Waals surface area contributed by atoms with Crippen LogP contribution in [0.15, 0.2) is 46.4 Å². The highest BCUT2D eigenvalue weighted by molar-refractivity contribution is 7.90. The first-order valence-electron chi connectivity index (χ1n) is 6.61. The van der Waals surface area contributed by atoms with Crippen molar-refractivity contribution in [3.05, 3.63) is 42.0 Å². The molecule has 0 saturated carbocycles. The SMILES string of the molecule is CS(=O)(=O)c1ccc(C2=NN(CCC=C(F)F)C(=O)CO2)cc1. The maximum absolute atomic E-state index is 12.0. The van der Waals surface area contributed by atoms with E-state index in [1.54, 1.807) is 0 Å². The number of hydrogen-bond donors (Lipinski definition) is 0. The van der Waals surface area contributed by atoms with Crippen LogP contribution in [-0.4, -0.2) is 44.6 Å². The molecule has 23 heavy (non-hydrogen) atoms. The molecule has 0 unspecified atom stereocenters. The zero-order valence-corrected chi connectivity index (χ0v) is 13.0. The number of amides is 1. The summed E-state index contributed by atoms with van der Waals surface area (Å²) < 4.78 is 52.0. The van der Waals surface area contributed by atoms with E-state index in [1.165, 1.54) is 24.3 Å². The average Bonchev–Trinajstić information content (AvgIpc) is 2.48. The number of benzene rings is 1. The number of carbonyl (C=O) groups is 1. The van der Waals surface area contributed by atoms with Crippen molar-refractivity contribution in [1.29, 1.82) is 0 Å². The number of nitrogens with zero attached hydrogens (tertiary/aromatic N) is 2. The number of ether oxygens (including phenoxy) is 1. The van der Waals surface area contributed by atoms with Crippen LogP contribution in [0.5, 0.6) is 0 Å². The van der Waals surface area contributed by atoms with Crippen LogP contribution in [0.4, 0.5) is 8.78 Å². The zero-order valence-electron chi connectivity index (χ0n) is 12.2. The van der Waals surface area contributed by atoms with Gasteiger partial charge in [-0.3, -0.25) is 4.79 Å². The van der Waals surface area contributed by atoms with Crippen LogP contribution in [0.1, 0.15) is 12.0 Å². The summed E-state index contributed by atoms with van der Waals surface area (Å²) in [6, 6.07) is 5.81. The van der Waals surface area contributed by atoms with Gasteiger partial charge in [0.15, 0.2) is 16.4 Å². The summed E-state index contributed by atoms with van der Waals surface area (Å²) >= 11 is 0. The Kier molecular flexibility index (Phi) is 5.09. The minimum atomic E-state index is -3.31.